The number of aromatic nitrogens is 7. The van der Waals surface area contributed by atoms with Crippen LogP contribution in [0.3, 0.4) is 0 Å². The van der Waals surface area contributed by atoms with Crippen molar-refractivity contribution < 1.29 is 14.3 Å². The molecular formula is C41H50N10O3. The highest BCUT2D eigenvalue weighted by Gasteiger charge is 2.49. The molecule has 54 heavy (non-hydrogen) atoms. The Hall–Kier alpha value is -5.04. The second kappa shape index (κ2) is 13.4. The largest absolute Gasteiger partial charge is 0.444 e. The molecule has 4 aromatic heterocycles. The molecule has 1 N–H and O–H groups in total. The third kappa shape index (κ3) is 6.25. The second-order valence-electron chi connectivity index (χ2n) is 16.5. The number of carbonyl (C=O) groups is 1. The molecule has 5 aromatic rings. The highest BCUT2D eigenvalue weighted by molar-refractivity contribution is 5.89. The molecule has 13 heteroatoms. The summed E-state index contributed by atoms with van der Waals surface area (Å²) >= 11 is 0. The lowest BCUT2D eigenvalue weighted by Gasteiger charge is -2.44. The van der Waals surface area contributed by atoms with Crippen molar-refractivity contribution in [2.75, 3.05) is 36.0 Å². The monoisotopic (exact) mass is 730 g/mol. The average molecular weight is 731 g/mol. The molecule has 2 saturated heterocycles. The summed E-state index contributed by atoms with van der Waals surface area (Å²) in [5.41, 5.74) is 8.28. The van der Waals surface area contributed by atoms with Crippen molar-refractivity contribution in [3.05, 3.63) is 71.3 Å². The zero-order valence-electron chi connectivity index (χ0n) is 32.0. The number of carbonyl (C=O) groups excluding carboxylic acids is 1. The number of anilines is 3. The van der Waals surface area contributed by atoms with Crippen LogP contribution in [0, 0.1) is 12.3 Å². The van der Waals surface area contributed by atoms with Gasteiger partial charge in [0.25, 0.3) is 0 Å². The summed E-state index contributed by atoms with van der Waals surface area (Å²) in [5.74, 6) is 1.69. The smallest absolute Gasteiger partial charge is 0.408 e. The molecule has 2 fully saturated rings. The van der Waals surface area contributed by atoms with Gasteiger partial charge in [-0.05, 0) is 102 Å². The number of hydrogen-bond acceptors (Lipinski definition) is 10. The van der Waals surface area contributed by atoms with Crippen LogP contribution in [0.1, 0.15) is 94.1 Å². The molecule has 0 radical (unpaired) electrons. The zero-order chi connectivity index (χ0) is 37.2. The molecule has 1 aromatic carbocycles. The summed E-state index contributed by atoms with van der Waals surface area (Å²) in [6, 6.07) is 12.6. The van der Waals surface area contributed by atoms with Crippen molar-refractivity contribution in [1.82, 2.24) is 39.8 Å². The fourth-order valence-electron chi connectivity index (χ4n) is 9.06. The van der Waals surface area contributed by atoms with Crippen molar-refractivity contribution in [2.45, 2.75) is 96.9 Å². The van der Waals surface area contributed by atoms with Crippen LogP contribution >= 0.6 is 0 Å². The van der Waals surface area contributed by atoms with E-state index in [1.54, 1.807) is 4.68 Å². The van der Waals surface area contributed by atoms with Gasteiger partial charge in [0.15, 0.2) is 29.0 Å². The summed E-state index contributed by atoms with van der Waals surface area (Å²) < 4.78 is 15.9. The molecule has 9 rings (SSSR count). The summed E-state index contributed by atoms with van der Waals surface area (Å²) in [7, 11) is 1.92. The van der Waals surface area contributed by atoms with Gasteiger partial charge in [-0.15, -0.1) is 5.10 Å². The molecule has 2 atom stereocenters. The van der Waals surface area contributed by atoms with Gasteiger partial charge in [-0.2, -0.15) is 5.10 Å². The van der Waals surface area contributed by atoms with Crippen molar-refractivity contribution in [2.24, 2.45) is 12.5 Å². The van der Waals surface area contributed by atoms with Gasteiger partial charge < -0.3 is 24.6 Å². The quantitative estimate of drug-likeness (QED) is 0.200. The number of aryl methyl sites for hydroxylation is 3. The molecule has 1 aliphatic carbocycles. The van der Waals surface area contributed by atoms with Crippen LogP contribution in [-0.4, -0.2) is 72.4 Å². The minimum atomic E-state index is -0.569. The highest BCUT2D eigenvalue weighted by atomic mass is 16.6. The molecule has 1 unspecified atom stereocenters. The van der Waals surface area contributed by atoms with Crippen LogP contribution in [-0.2, 0) is 29.4 Å². The molecular weight excluding hydrogens is 681 g/mol. The van der Waals surface area contributed by atoms with Crippen LogP contribution < -0.4 is 15.1 Å². The Morgan fingerprint density at radius 1 is 1.00 bits per heavy atom. The van der Waals surface area contributed by atoms with Crippen molar-refractivity contribution in [3.8, 4) is 11.3 Å². The lowest BCUT2D eigenvalue weighted by atomic mass is 9.72. The number of alkyl carbamates (subject to hydrolysis) is 1. The van der Waals surface area contributed by atoms with Gasteiger partial charge in [0.05, 0.1) is 35.0 Å². The van der Waals surface area contributed by atoms with E-state index >= 15 is 0 Å². The molecule has 1 spiro atoms. The normalized spacial score (nSPS) is 21.0. The molecule has 13 nitrogen and oxygen atoms in total. The van der Waals surface area contributed by atoms with Crippen molar-refractivity contribution >= 4 is 34.6 Å². The van der Waals surface area contributed by atoms with Gasteiger partial charge in [0.2, 0.25) is 0 Å². The first-order chi connectivity index (χ1) is 26.0. The SMILES string of the molecule is Cc1nc2c(N3CCCc4nc(-c5cnn(C)c5)ccc43)nn(C3CCCCO3)c2nc1N1CCC2(CC1)Cc1ccccc1[C@H]2NC(=O)OC(C)(C)C. The maximum Gasteiger partial charge on any atom is 0.408 e. The van der Waals surface area contributed by atoms with E-state index < -0.39 is 5.60 Å². The van der Waals surface area contributed by atoms with E-state index in [-0.39, 0.29) is 23.8 Å². The molecule has 1 amide bonds. The number of piperidine rings is 1. The number of nitrogens with one attached hydrogen (secondary N) is 1. The van der Waals surface area contributed by atoms with Crippen molar-refractivity contribution in [3.63, 3.8) is 0 Å². The Bertz CT molecular complexity index is 2210. The number of rotatable bonds is 5. The third-order valence-electron chi connectivity index (χ3n) is 11.6. The summed E-state index contributed by atoms with van der Waals surface area (Å²) in [6.45, 7) is 10.9. The Labute approximate surface area is 316 Å². The van der Waals surface area contributed by atoms with E-state index in [9.17, 15) is 4.79 Å². The number of benzene rings is 1. The van der Waals surface area contributed by atoms with E-state index in [2.05, 4.69) is 63.5 Å². The Balaban J connectivity index is 1.04. The van der Waals surface area contributed by atoms with E-state index in [4.69, 9.17) is 29.5 Å². The summed E-state index contributed by atoms with van der Waals surface area (Å²) in [5, 5.41) is 12.9. The van der Waals surface area contributed by atoms with E-state index in [0.29, 0.717) is 6.61 Å². The number of hydrogen-bond donors (Lipinski definition) is 1. The third-order valence-corrected chi connectivity index (χ3v) is 11.6. The molecule has 3 aliphatic heterocycles. The van der Waals surface area contributed by atoms with Crippen LogP contribution in [0.5, 0.6) is 0 Å². The number of pyridine rings is 1. The summed E-state index contributed by atoms with van der Waals surface area (Å²) in [4.78, 5) is 33.6. The first-order valence-corrected chi connectivity index (χ1v) is 19.5. The molecule has 0 bridgehead atoms. The number of ether oxygens (including phenoxy) is 2. The molecule has 4 aliphatic rings. The Morgan fingerprint density at radius 3 is 2.59 bits per heavy atom. The van der Waals surface area contributed by atoms with E-state index in [1.165, 1.54) is 11.1 Å². The fourth-order valence-corrected chi connectivity index (χ4v) is 9.06. The highest BCUT2D eigenvalue weighted by Crippen LogP contribution is 2.52. The fraction of sp³-hybridized carbons (Fsp3) is 0.512. The molecule has 282 valence electrons. The number of amides is 1. The minimum Gasteiger partial charge on any atom is -0.444 e. The van der Waals surface area contributed by atoms with Gasteiger partial charge in [0, 0.05) is 50.5 Å². The average Bonchev–Trinajstić information content (AvgIpc) is 3.84. The topological polar surface area (TPSA) is 128 Å². The minimum absolute atomic E-state index is 0.111. The predicted molar refractivity (Wildman–Crippen MR) is 207 cm³/mol. The standard InChI is InChI=1S/C41H50N10O3/c1-26-36(49-20-17-41(18-21-49)23-27-11-6-7-12-29(27)35(41)45-39(52)54-40(2,3)4)46-37-34(43-26)38(47-51(37)33-14-8-9-22-53-33)50-19-10-13-31-32(50)16-15-30(44-31)28-24-42-48(5)25-28/h6-7,11-12,15-16,24-25,33,35H,8-10,13-14,17-23H2,1-5H3,(H,45,52)/t33?,35-/m1/s1. The van der Waals surface area contributed by atoms with E-state index in [1.807, 2.05) is 44.9 Å². The maximum atomic E-state index is 13.1. The summed E-state index contributed by atoms with van der Waals surface area (Å²) in [6.07, 6.45) is 10.9. The maximum absolute atomic E-state index is 13.1. The van der Waals surface area contributed by atoms with Gasteiger partial charge in [-0.25, -0.2) is 19.4 Å². The van der Waals surface area contributed by atoms with Gasteiger partial charge in [-0.1, -0.05) is 24.3 Å². The van der Waals surface area contributed by atoms with Gasteiger partial charge in [-0.3, -0.25) is 9.67 Å². The number of nitrogens with zero attached hydrogens (tertiary/aromatic N) is 9. The number of fused-ring (bicyclic) bond motifs is 3. The first kappa shape index (κ1) is 34.7. The molecule has 7 heterocycles. The van der Waals surface area contributed by atoms with Crippen LogP contribution in [0.15, 0.2) is 48.8 Å². The van der Waals surface area contributed by atoms with Crippen LogP contribution in [0.25, 0.3) is 22.4 Å². The Kier molecular flexibility index (Phi) is 8.59. The molecule has 0 saturated carbocycles. The lowest BCUT2D eigenvalue weighted by molar-refractivity contribution is -0.0368. The first-order valence-electron chi connectivity index (χ1n) is 19.5. The second-order valence-corrected chi connectivity index (χ2v) is 16.5. The Morgan fingerprint density at radius 2 is 1.83 bits per heavy atom. The van der Waals surface area contributed by atoms with Crippen LogP contribution in [0.4, 0.5) is 22.1 Å². The lowest BCUT2D eigenvalue weighted by Crippen LogP contribution is -2.48. The van der Waals surface area contributed by atoms with Gasteiger partial charge >= 0.3 is 6.09 Å². The van der Waals surface area contributed by atoms with E-state index in [0.717, 1.165) is 122 Å². The van der Waals surface area contributed by atoms with Crippen molar-refractivity contribution in [1.29, 1.82) is 0 Å². The zero-order valence-corrected chi connectivity index (χ0v) is 32.0. The predicted octanol–water partition coefficient (Wildman–Crippen LogP) is 7.12. The van der Waals surface area contributed by atoms with Crippen LogP contribution in [0.2, 0.25) is 0 Å². The van der Waals surface area contributed by atoms with Gasteiger partial charge in [0.1, 0.15) is 5.60 Å².